The van der Waals surface area contributed by atoms with Gasteiger partial charge in [-0.25, -0.2) is 0 Å². The first-order valence-corrected chi connectivity index (χ1v) is 13.7. The largest absolute Gasteiger partial charge is 0.494 e. The monoisotopic (exact) mass is 517 g/mol. The summed E-state index contributed by atoms with van der Waals surface area (Å²) in [7, 11) is 1.53. The summed E-state index contributed by atoms with van der Waals surface area (Å²) in [5.74, 6) is -0.168. The van der Waals surface area contributed by atoms with Crippen LogP contribution in [-0.4, -0.2) is 78.4 Å². The normalized spacial score (nSPS) is 27.5. The number of aromatic nitrogens is 1. The van der Waals surface area contributed by atoms with Crippen molar-refractivity contribution in [2.75, 3.05) is 44.7 Å². The second-order valence-electron chi connectivity index (χ2n) is 10.8. The molecule has 9 nitrogen and oxygen atoms in total. The number of hydrogen-bond donors (Lipinski definition) is 1. The number of methoxy groups -OCH3 is 1. The molecule has 4 aliphatic rings. The average molecular weight is 518 g/mol. The molecule has 3 fully saturated rings. The van der Waals surface area contributed by atoms with Gasteiger partial charge in [-0.3, -0.25) is 24.3 Å². The molecule has 3 amide bonds. The maximum Gasteiger partial charge on any atom is 0.257 e. The van der Waals surface area contributed by atoms with Crippen molar-refractivity contribution in [3.63, 3.8) is 0 Å². The van der Waals surface area contributed by atoms with Gasteiger partial charge in [-0.05, 0) is 57.7 Å². The van der Waals surface area contributed by atoms with Crippen LogP contribution in [0.15, 0.2) is 36.5 Å². The van der Waals surface area contributed by atoms with Crippen LogP contribution < -0.4 is 15.0 Å². The van der Waals surface area contributed by atoms with E-state index in [1.54, 1.807) is 17.2 Å². The molecular weight excluding hydrogens is 482 g/mol. The highest BCUT2D eigenvalue weighted by atomic mass is 16.5. The molecule has 3 atom stereocenters. The van der Waals surface area contributed by atoms with Gasteiger partial charge in [0.05, 0.1) is 24.8 Å². The van der Waals surface area contributed by atoms with Crippen LogP contribution in [0, 0.1) is 12.8 Å². The molecule has 0 unspecified atom stereocenters. The summed E-state index contributed by atoms with van der Waals surface area (Å²) in [6.45, 7) is 4.61. The van der Waals surface area contributed by atoms with E-state index in [-0.39, 0.29) is 23.8 Å². The summed E-state index contributed by atoms with van der Waals surface area (Å²) in [4.78, 5) is 52.0. The Bertz CT molecular complexity index is 1280. The van der Waals surface area contributed by atoms with Crippen LogP contribution in [0.1, 0.15) is 53.7 Å². The fourth-order valence-corrected chi connectivity index (χ4v) is 7.17. The molecule has 9 heteroatoms. The van der Waals surface area contributed by atoms with Gasteiger partial charge < -0.3 is 19.9 Å². The number of para-hydroxylation sites is 1. The second-order valence-corrected chi connectivity index (χ2v) is 10.8. The lowest BCUT2D eigenvalue weighted by Gasteiger charge is -2.37. The lowest BCUT2D eigenvalue weighted by molar-refractivity contribution is -0.138. The Morgan fingerprint density at radius 2 is 1.92 bits per heavy atom. The minimum Gasteiger partial charge on any atom is -0.494 e. The number of amides is 3. The number of carbonyl (C=O) groups excluding carboxylic acids is 3. The summed E-state index contributed by atoms with van der Waals surface area (Å²) in [5.41, 5.74) is 2.13. The van der Waals surface area contributed by atoms with Gasteiger partial charge in [-0.1, -0.05) is 18.2 Å². The highest BCUT2D eigenvalue weighted by Gasteiger charge is 2.67. The Morgan fingerprint density at radius 1 is 1.11 bits per heavy atom. The minimum absolute atomic E-state index is 0.00630. The minimum atomic E-state index is -0.937. The third-order valence-corrected chi connectivity index (χ3v) is 8.79. The summed E-state index contributed by atoms with van der Waals surface area (Å²) in [6, 6.07) is 9.97. The van der Waals surface area contributed by atoms with Crippen LogP contribution >= 0.6 is 0 Å². The van der Waals surface area contributed by atoms with Gasteiger partial charge in [-0.2, -0.15) is 0 Å². The van der Waals surface area contributed by atoms with Gasteiger partial charge in [0.15, 0.2) is 0 Å². The third kappa shape index (κ3) is 3.70. The molecule has 1 spiro atoms. The lowest BCUT2D eigenvalue weighted by atomic mass is 9.78. The number of pyridine rings is 1. The molecule has 0 saturated carbocycles. The van der Waals surface area contributed by atoms with Crippen molar-refractivity contribution < 1.29 is 19.1 Å². The molecule has 38 heavy (non-hydrogen) atoms. The fraction of sp³-hybridized carbons (Fsp3) is 0.517. The molecule has 200 valence electrons. The number of hydrogen-bond acceptors (Lipinski definition) is 6. The number of benzene rings is 1. The molecule has 5 heterocycles. The number of anilines is 1. The summed E-state index contributed by atoms with van der Waals surface area (Å²) < 4.78 is 5.42. The van der Waals surface area contributed by atoms with Crippen molar-refractivity contribution >= 4 is 23.4 Å². The maximum atomic E-state index is 14.4. The average Bonchev–Trinajstić information content (AvgIpc) is 3.58. The van der Waals surface area contributed by atoms with Gasteiger partial charge >= 0.3 is 0 Å². The van der Waals surface area contributed by atoms with Gasteiger partial charge in [-0.15, -0.1) is 0 Å². The number of nitrogens with zero attached hydrogens (tertiary/aromatic N) is 4. The van der Waals surface area contributed by atoms with Crippen LogP contribution in [-0.2, 0) is 15.1 Å². The number of aryl methyl sites for hydroxylation is 1. The molecule has 0 radical (unpaired) electrons. The van der Waals surface area contributed by atoms with Gasteiger partial charge in [0.2, 0.25) is 5.91 Å². The van der Waals surface area contributed by atoms with E-state index >= 15 is 0 Å². The smallest absolute Gasteiger partial charge is 0.257 e. The van der Waals surface area contributed by atoms with Crippen molar-refractivity contribution in [1.82, 2.24) is 20.1 Å². The molecule has 6 rings (SSSR count). The Hall–Kier alpha value is -3.46. The Labute approximate surface area is 223 Å². The van der Waals surface area contributed by atoms with E-state index in [4.69, 9.17) is 4.74 Å². The number of ether oxygens (including phenoxy) is 1. The topological polar surface area (TPSA) is 95.1 Å². The lowest BCUT2D eigenvalue weighted by Crippen LogP contribution is -2.56. The molecule has 1 aromatic heterocycles. The number of nitrogens with one attached hydrogen (secondary N) is 1. The summed E-state index contributed by atoms with van der Waals surface area (Å²) in [5, 5.41) is 3.13. The standard InChI is InChI=1S/C29H35N5O4/c1-19-16-21(25(38-2)18-31-19)27(36)32-12-6-11-30-26(35)23-17-20-8-5-15-34(20)29(23)22-9-3-4-10-24(22)33(28(29)37)14-7-13-32/h3-4,9-10,16,18,20,23H,5-8,11-15,17H2,1-2H3,(H,30,35)/t20-,23+,29+/m0/s1. The van der Waals surface area contributed by atoms with Gasteiger partial charge in [0, 0.05) is 49.2 Å². The Kier molecular flexibility index (Phi) is 6.34. The van der Waals surface area contributed by atoms with E-state index in [2.05, 4.69) is 15.2 Å². The zero-order valence-electron chi connectivity index (χ0n) is 22.1. The first-order valence-electron chi connectivity index (χ1n) is 13.7. The highest BCUT2D eigenvalue weighted by molar-refractivity contribution is 6.11. The number of fused-ring (bicyclic) bond motifs is 4. The van der Waals surface area contributed by atoms with E-state index in [1.807, 2.05) is 36.1 Å². The maximum absolute atomic E-state index is 14.4. The Balaban J connectivity index is 1.34. The zero-order valence-corrected chi connectivity index (χ0v) is 22.1. The predicted molar refractivity (Wildman–Crippen MR) is 142 cm³/mol. The van der Waals surface area contributed by atoms with Gasteiger partial charge in [0.25, 0.3) is 11.8 Å². The first kappa shape index (κ1) is 24.9. The van der Waals surface area contributed by atoms with E-state index in [9.17, 15) is 14.4 Å². The van der Waals surface area contributed by atoms with Crippen molar-refractivity contribution in [3.05, 3.63) is 53.3 Å². The molecule has 4 aliphatic heterocycles. The first-order chi connectivity index (χ1) is 18.5. The van der Waals surface area contributed by atoms with E-state index in [0.29, 0.717) is 56.8 Å². The highest BCUT2D eigenvalue weighted by Crippen LogP contribution is 2.57. The predicted octanol–water partition coefficient (Wildman–Crippen LogP) is 2.48. The third-order valence-electron chi connectivity index (χ3n) is 8.79. The Morgan fingerprint density at radius 3 is 2.76 bits per heavy atom. The quantitative estimate of drug-likeness (QED) is 0.658. The van der Waals surface area contributed by atoms with Crippen LogP contribution in [0.5, 0.6) is 5.75 Å². The summed E-state index contributed by atoms with van der Waals surface area (Å²) >= 11 is 0. The van der Waals surface area contributed by atoms with Crippen molar-refractivity contribution in [3.8, 4) is 5.75 Å². The van der Waals surface area contributed by atoms with E-state index in [0.717, 1.165) is 36.3 Å². The molecule has 0 aliphatic carbocycles. The van der Waals surface area contributed by atoms with E-state index < -0.39 is 11.5 Å². The summed E-state index contributed by atoms with van der Waals surface area (Å²) in [6.07, 6.45) is 5.61. The van der Waals surface area contributed by atoms with Crippen LogP contribution in [0.25, 0.3) is 0 Å². The van der Waals surface area contributed by atoms with Crippen LogP contribution in [0.3, 0.4) is 0 Å². The molecule has 2 bridgehead atoms. The van der Waals surface area contributed by atoms with Crippen molar-refractivity contribution in [2.24, 2.45) is 5.92 Å². The fourth-order valence-electron chi connectivity index (χ4n) is 7.17. The molecule has 1 N–H and O–H groups in total. The molecular formula is C29H35N5O4. The van der Waals surface area contributed by atoms with Crippen molar-refractivity contribution in [1.29, 1.82) is 0 Å². The number of rotatable bonds is 2. The van der Waals surface area contributed by atoms with E-state index in [1.165, 1.54) is 7.11 Å². The van der Waals surface area contributed by atoms with Crippen LogP contribution in [0.4, 0.5) is 5.69 Å². The second kappa shape index (κ2) is 9.69. The zero-order chi connectivity index (χ0) is 26.4. The molecule has 2 aromatic rings. The SMILES string of the molecule is COc1cnc(C)cc1C(=O)N1CCCNC(=O)[C@H]2C[C@@H]3CCCN3[C@@]23C(=O)N(CCC1)c1ccccc13. The molecule has 1 aromatic carbocycles. The van der Waals surface area contributed by atoms with Gasteiger partial charge in [0.1, 0.15) is 11.3 Å². The van der Waals surface area contributed by atoms with Crippen molar-refractivity contribution in [2.45, 2.75) is 50.6 Å². The van der Waals surface area contributed by atoms with Crippen LogP contribution in [0.2, 0.25) is 0 Å². The number of carbonyl (C=O) groups is 3. The molecule has 3 saturated heterocycles.